The third-order valence-electron chi connectivity index (χ3n) is 4.28. The first kappa shape index (κ1) is 22.9. The quantitative estimate of drug-likeness (QED) is 0.419. The molecule has 0 heterocycles. The molecule has 0 saturated carbocycles. The van der Waals surface area contributed by atoms with E-state index in [1.807, 2.05) is 20.8 Å². The van der Waals surface area contributed by atoms with Crippen molar-refractivity contribution in [2.75, 3.05) is 0 Å². The van der Waals surface area contributed by atoms with E-state index in [0.717, 1.165) is 6.42 Å². The molecule has 0 aromatic rings. The molecule has 140 valence electrons. The van der Waals surface area contributed by atoms with Crippen LogP contribution < -0.4 is 10.2 Å². The van der Waals surface area contributed by atoms with E-state index in [1.54, 1.807) is 6.92 Å². The summed E-state index contributed by atoms with van der Waals surface area (Å²) in [6.07, 6.45) is 0.982. The van der Waals surface area contributed by atoms with Crippen LogP contribution in [0.15, 0.2) is 0 Å². The molecule has 1 amide bonds. The topological polar surface area (TPSA) is 133 Å². The standard InChI is InChI=1S/C14H28N2O6P2/c1-7-13(3,4)9(17)24(11(19)20,12(21)22)10(18)15-23-16-14(5,6)8-2/h16,23-24H,7-8H2,1-6H3,(H,15,18)(H,19,20)(H,21,22). The van der Waals surface area contributed by atoms with Crippen molar-refractivity contribution in [3.8, 4) is 0 Å². The van der Waals surface area contributed by atoms with Crippen molar-refractivity contribution in [2.24, 2.45) is 5.41 Å². The summed E-state index contributed by atoms with van der Waals surface area (Å²) < 4.78 is 0. The summed E-state index contributed by atoms with van der Waals surface area (Å²) in [4.78, 5) is 48.6. The Bertz CT molecular complexity index is 519. The van der Waals surface area contributed by atoms with Crippen LogP contribution in [0.2, 0.25) is 0 Å². The van der Waals surface area contributed by atoms with Crippen molar-refractivity contribution in [1.29, 1.82) is 0 Å². The van der Waals surface area contributed by atoms with Crippen LogP contribution in [-0.4, -0.2) is 38.3 Å². The van der Waals surface area contributed by atoms with Crippen LogP contribution in [0.4, 0.5) is 14.4 Å². The van der Waals surface area contributed by atoms with E-state index in [-0.39, 0.29) is 20.8 Å². The van der Waals surface area contributed by atoms with E-state index in [1.165, 1.54) is 13.8 Å². The van der Waals surface area contributed by atoms with Crippen molar-refractivity contribution in [1.82, 2.24) is 10.2 Å². The average molecular weight is 382 g/mol. The van der Waals surface area contributed by atoms with E-state index in [9.17, 15) is 29.4 Å². The summed E-state index contributed by atoms with van der Waals surface area (Å²) in [7, 11) is -5.40. The van der Waals surface area contributed by atoms with Crippen LogP contribution in [0, 0.1) is 5.41 Å². The van der Waals surface area contributed by atoms with Gasteiger partial charge in [0.05, 0.1) is 0 Å². The Morgan fingerprint density at radius 3 is 1.75 bits per heavy atom. The maximum atomic E-state index is 12.7. The van der Waals surface area contributed by atoms with Gasteiger partial charge in [0.15, 0.2) is 0 Å². The van der Waals surface area contributed by atoms with Gasteiger partial charge in [-0.3, -0.25) is 0 Å². The van der Waals surface area contributed by atoms with Crippen LogP contribution in [0.3, 0.4) is 0 Å². The molecule has 0 aliphatic carbocycles. The Balaban J connectivity index is 5.66. The molecule has 0 aliphatic rings. The maximum absolute atomic E-state index is 12.7. The first-order chi connectivity index (χ1) is 10.8. The van der Waals surface area contributed by atoms with Gasteiger partial charge < -0.3 is 0 Å². The van der Waals surface area contributed by atoms with Crippen molar-refractivity contribution >= 4 is 38.7 Å². The molecule has 10 heteroatoms. The van der Waals surface area contributed by atoms with Gasteiger partial charge in [0.25, 0.3) is 0 Å². The third-order valence-corrected chi connectivity index (χ3v) is 9.13. The Kier molecular flexibility index (Phi) is 7.94. The zero-order valence-corrected chi connectivity index (χ0v) is 16.9. The molecule has 0 saturated heterocycles. The van der Waals surface area contributed by atoms with E-state index < -0.39 is 35.3 Å². The molecule has 1 unspecified atom stereocenters. The fraction of sp³-hybridized carbons (Fsp3) is 0.714. The number of carboxylic acid groups (broad SMARTS) is 2. The first-order valence-electron chi connectivity index (χ1n) is 7.64. The molecule has 1 atom stereocenters. The second kappa shape index (κ2) is 8.32. The summed E-state index contributed by atoms with van der Waals surface area (Å²) in [5.41, 5.74) is -7.42. The monoisotopic (exact) mass is 382 g/mol. The number of rotatable bonds is 10. The van der Waals surface area contributed by atoms with Crippen molar-refractivity contribution < 1.29 is 29.4 Å². The first-order valence-corrected chi connectivity index (χ1v) is 10.6. The molecule has 0 bridgehead atoms. The van der Waals surface area contributed by atoms with Gasteiger partial charge in [-0.05, 0) is 0 Å². The van der Waals surface area contributed by atoms with Gasteiger partial charge >= 0.3 is 144 Å². The van der Waals surface area contributed by atoms with Gasteiger partial charge in [0, 0.05) is 0 Å². The van der Waals surface area contributed by atoms with Gasteiger partial charge in [-0.15, -0.1) is 0 Å². The normalized spacial score (nSPS) is 13.8. The molecular formula is C14H28N2O6P2. The Labute approximate surface area is 144 Å². The van der Waals surface area contributed by atoms with Gasteiger partial charge in [0.2, 0.25) is 0 Å². The van der Waals surface area contributed by atoms with Crippen LogP contribution in [-0.2, 0) is 4.79 Å². The summed E-state index contributed by atoms with van der Waals surface area (Å²) in [6, 6.07) is 0. The number of carbonyl (C=O) groups is 4. The molecule has 8 nitrogen and oxygen atoms in total. The molecule has 0 fully saturated rings. The van der Waals surface area contributed by atoms with Crippen LogP contribution in [0.1, 0.15) is 54.4 Å². The molecule has 0 spiro atoms. The Hall–Kier alpha value is -1.10. The predicted octanol–water partition coefficient (Wildman–Crippen LogP) is 4.05. The summed E-state index contributed by atoms with van der Waals surface area (Å²) in [5.74, 6) is 0. The molecule has 0 aromatic heterocycles. The number of hydrogen-bond acceptors (Lipinski definition) is 5. The zero-order valence-electron chi connectivity index (χ0n) is 14.9. The van der Waals surface area contributed by atoms with Crippen molar-refractivity contribution in [2.45, 2.75) is 59.9 Å². The molecule has 0 rings (SSSR count). The number of hydrogen-bond donors (Lipinski definition) is 4. The predicted molar refractivity (Wildman–Crippen MR) is 97.8 cm³/mol. The van der Waals surface area contributed by atoms with Gasteiger partial charge in [0.1, 0.15) is 0 Å². The number of amides is 1. The SMILES string of the molecule is CCC(C)(C)NPNC(=O)[PH](C(=O)O)(C(=O)O)C(=O)C(C)(C)CC. The zero-order chi connectivity index (χ0) is 19.3. The van der Waals surface area contributed by atoms with Crippen molar-refractivity contribution in [3.05, 3.63) is 0 Å². The Morgan fingerprint density at radius 2 is 1.42 bits per heavy atom. The van der Waals surface area contributed by atoms with Gasteiger partial charge in [-0.1, -0.05) is 0 Å². The Morgan fingerprint density at radius 1 is 0.958 bits per heavy atom. The molecule has 24 heavy (non-hydrogen) atoms. The van der Waals surface area contributed by atoms with Gasteiger partial charge in [-0.25, -0.2) is 0 Å². The van der Waals surface area contributed by atoms with E-state index in [4.69, 9.17) is 0 Å². The summed E-state index contributed by atoms with van der Waals surface area (Å²) >= 11 is 0. The number of nitrogens with one attached hydrogen (secondary N) is 2. The number of carbonyl (C=O) groups excluding carboxylic acids is 2. The van der Waals surface area contributed by atoms with E-state index in [0.29, 0.717) is 0 Å². The average Bonchev–Trinajstić information content (AvgIpc) is 2.46. The van der Waals surface area contributed by atoms with Crippen LogP contribution in [0.25, 0.3) is 0 Å². The van der Waals surface area contributed by atoms with E-state index >= 15 is 0 Å². The molecule has 0 radical (unpaired) electrons. The summed E-state index contributed by atoms with van der Waals surface area (Å²) in [5, 5.41) is 24.3. The minimum atomic E-state index is -5.01. The fourth-order valence-corrected chi connectivity index (χ4v) is 5.68. The molecule has 0 aliphatic heterocycles. The van der Waals surface area contributed by atoms with E-state index in [2.05, 4.69) is 10.2 Å². The second-order valence-corrected chi connectivity index (χ2v) is 10.9. The van der Waals surface area contributed by atoms with Crippen LogP contribution >= 0.6 is 16.1 Å². The van der Waals surface area contributed by atoms with Gasteiger partial charge in [-0.2, -0.15) is 0 Å². The second-order valence-electron chi connectivity index (χ2n) is 6.87. The minimum absolute atomic E-state index is 0.234. The fourth-order valence-electron chi connectivity index (χ4n) is 1.69. The third kappa shape index (κ3) is 4.71. The van der Waals surface area contributed by atoms with Crippen molar-refractivity contribution in [3.63, 3.8) is 0 Å². The summed E-state index contributed by atoms with van der Waals surface area (Å²) in [6.45, 7) is 10.3. The molecule has 4 N–H and O–H groups in total. The van der Waals surface area contributed by atoms with Crippen LogP contribution in [0.5, 0.6) is 0 Å². The molecule has 0 aromatic carbocycles. The molecular weight excluding hydrogens is 354 g/mol.